The number of quaternary nitrogens is 1. The number of anilines is 1. The minimum atomic E-state index is -0.415. The maximum atomic E-state index is 13.8. The van der Waals surface area contributed by atoms with Crippen LogP contribution in [-0.4, -0.2) is 40.3 Å². The van der Waals surface area contributed by atoms with Crippen LogP contribution in [0.4, 0.5) is 10.1 Å². The highest BCUT2D eigenvalue weighted by Crippen LogP contribution is 2.27. The van der Waals surface area contributed by atoms with Crippen LogP contribution in [-0.2, 0) is 11.2 Å². The van der Waals surface area contributed by atoms with E-state index in [0.29, 0.717) is 11.5 Å². The highest BCUT2D eigenvalue weighted by Gasteiger charge is 2.13. The second-order valence-corrected chi connectivity index (χ2v) is 6.35. The SMILES string of the molecule is COc1ccc(CC[NH+](C)CC(=O)Nc2ccc(C)cc2F)cc1OC. The van der Waals surface area contributed by atoms with E-state index in [1.54, 1.807) is 33.3 Å². The summed E-state index contributed by atoms with van der Waals surface area (Å²) in [5.74, 6) is 0.755. The summed E-state index contributed by atoms with van der Waals surface area (Å²) < 4.78 is 24.3. The number of carbonyl (C=O) groups excluding carboxylic acids is 1. The topological polar surface area (TPSA) is 52.0 Å². The number of benzene rings is 2. The Morgan fingerprint density at radius 1 is 1.12 bits per heavy atom. The summed E-state index contributed by atoms with van der Waals surface area (Å²) in [4.78, 5) is 13.2. The molecule has 0 radical (unpaired) electrons. The van der Waals surface area contributed by atoms with E-state index in [-0.39, 0.29) is 18.1 Å². The van der Waals surface area contributed by atoms with Crippen LogP contribution in [0.25, 0.3) is 0 Å². The number of rotatable bonds is 8. The van der Waals surface area contributed by atoms with Crippen molar-refractivity contribution in [3.8, 4) is 11.5 Å². The first-order chi connectivity index (χ1) is 12.4. The van der Waals surface area contributed by atoms with Crippen molar-refractivity contribution in [1.29, 1.82) is 0 Å². The molecule has 0 aliphatic rings. The van der Waals surface area contributed by atoms with E-state index >= 15 is 0 Å². The number of carbonyl (C=O) groups is 1. The predicted molar refractivity (Wildman–Crippen MR) is 99.6 cm³/mol. The van der Waals surface area contributed by atoms with Crippen molar-refractivity contribution in [2.45, 2.75) is 13.3 Å². The zero-order valence-corrected chi connectivity index (χ0v) is 15.7. The summed E-state index contributed by atoms with van der Waals surface area (Å²) in [6.07, 6.45) is 0.790. The van der Waals surface area contributed by atoms with Gasteiger partial charge in [0.05, 0.1) is 33.5 Å². The summed E-state index contributed by atoms with van der Waals surface area (Å²) in [6, 6.07) is 10.6. The third-order valence-corrected chi connectivity index (χ3v) is 4.15. The number of likely N-dealkylation sites (N-methyl/N-ethyl adjacent to an activating group) is 1. The third kappa shape index (κ3) is 5.46. The smallest absolute Gasteiger partial charge is 0.279 e. The molecule has 0 aliphatic carbocycles. The molecule has 0 saturated heterocycles. The standard InChI is InChI=1S/C20H25FN2O3/c1-14-5-7-17(16(21)11-14)22-20(24)13-23(2)10-9-15-6-8-18(25-3)19(12-15)26-4/h5-8,11-12H,9-10,13H2,1-4H3,(H,22,24)/p+1. The van der Waals surface area contributed by atoms with Crippen LogP contribution < -0.4 is 19.7 Å². The number of hydrogen-bond donors (Lipinski definition) is 2. The van der Waals surface area contributed by atoms with Crippen LogP contribution in [0, 0.1) is 12.7 Å². The Kier molecular flexibility index (Phi) is 6.97. The Labute approximate surface area is 153 Å². The molecule has 2 rings (SSSR count). The first kappa shape index (κ1) is 19.7. The number of methoxy groups -OCH3 is 2. The van der Waals surface area contributed by atoms with Gasteiger partial charge in [-0.1, -0.05) is 12.1 Å². The third-order valence-electron chi connectivity index (χ3n) is 4.15. The molecule has 0 heterocycles. The number of nitrogens with one attached hydrogen (secondary N) is 2. The van der Waals surface area contributed by atoms with Crippen LogP contribution >= 0.6 is 0 Å². The van der Waals surface area contributed by atoms with Gasteiger partial charge in [0.15, 0.2) is 18.0 Å². The fraction of sp³-hybridized carbons (Fsp3) is 0.350. The Morgan fingerprint density at radius 2 is 1.85 bits per heavy atom. The van der Waals surface area contributed by atoms with Gasteiger partial charge in [0.2, 0.25) is 0 Å². The van der Waals surface area contributed by atoms with Crippen molar-refractivity contribution in [1.82, 2.24) is 0 Å². The molecule has 140 valence electrons. The molecule has 2 aromatic rings. The molecule has 0 saturated carbocycles. The van der Waals surface area contributed by atoms with Gasteiger partial charge in [0.25, 0.3) is 5.91 Å². The molecule has 0 aliphatic heterocycles. The minimum Gasteiger partial charge on any atom is -0.493 e. The lowest BCUT2D eigenvalue weighted by Crippen LogP contribution is -3.10. The van der Waals surface area contributed by atoms with E-state index < -0.39 is 5.82 Å². The molecular formula is C20H26FN2O3+. The lowest BCUT2D eigenvalue weighted by Gasteiger charge is -2.15. The van der Waals surface area contributed by atoms with Crippen LogP contribution in [0.5, 0.6) is 11.5 Å². The molecule has 1 unspecified atom stereocenters. The van der Waals surface area contributed by atoms with Gasteiger partial charge in [-0.2, -0.15) is 0 Å². The maximum absolute atomic E-state index is 13.8. The quantitative estimate of drug-likeness (QED) is 0.755. The van der Waals surface area contributed by atoms with Gasteiger partial charge in [-0.3, -0.25) is 4.79 Å². The van der Waals surface area contributed by atoms with Gasteiger partial charge in [0.1, 0.15) is 5.82 Å². The summed E-state index contributed by atoms with van der Waals surface area (Å²) >= 11 is 0. The van der Waals surface area contributed by atoms with Crippen LogP contribution in [0.2, 0.25) is 0 Å². The average Bonchev–Trinajstić information content (AvgIpc) is 2.62. The zero-order chi connectivity index (χ0) is 19.1. The number of ether oxygens (including phenoxy) is 2. The van der Waals surface area contributed by atoms with Crippen molar-refractivity contribution in [2.24, 2.45) is 0 Å². The van der Waals surface area contributed by atoms with E-state index in [4.69, 9.17) is 9.47 Å². The average molecular weight is 361 g/mol. The molecule has 0 aromatic heterocycles. The van der Waals surface area contributed by atoms with Crippen molar-refractivity contribution in [2.75, 3.05) is 39.7 Å². The summed E-state index contributed by atoms with van der Waals surface area (Å²) in [5.41, 5.74) is 2.14. The molecule has 1 atom stereocenters. The molecule has 0 spiro atoms. The van der Waals surface area contributed by atoms with Gasteiger partial charge in [-0.05, 0) is 42.3 Å². The van der Waals surface area contributed by atoms with Crippen molar-refractivity contribution >= 4 is 11.6 Å². The minimum absolute atomic E-state index is 0.211. The van der Waals surface area contributed by atoms with Gasteiger partial charge in [-0.15, -0.1) is 0 Å². The normalized spacial score (nSPS) is 11.7. The van der Waals surface area contributed by atoms with E-state index in [2.05, 4.69) is 5.32 Å². The second kappa shape index (κ2) is 9.20. The predicted octanol–water partition coefficient (Wildman–Crippen LogP) is 1.85. The fourth-order valence-corrected chi connectivity index (χ4v) is 2.67. The van der Waals surface area contributed by atoms with Crippen molar-refractivity contribution in [3.63, 3.8) is 0 Å². The van der Waals surface area contributed by atoms with E-state index in [0.717, 1.165) is 29.0 Å². The van der Waals surface area contributed by atoms with Crippen molar-refractivity contribution < 1.29 is 23.6 Å². The first-order valence-corrected chi connectivity index (χ1v) is 8.51. The number of halogens is 1. The monoisotopic (exact) mass is 361 g/mol. The molecule has 0 bridgehead atoms. The Hall–Kier alpha value is -2.60. The maximum Gasteiger partial charge on any atom is 0.279 e. The summed E-state index contributed by atoms with van der Waals surface area (Å²) in [5, 5.41) is 2.63. The molecule has 2 aromatic carbocycles. The number of hydrogen-bond acceptors (Lipinski definition) is 3. The summed E-state index contributed by atoms with van der Waals surface area (Å²) in [7, 11) is 5.14. The molecule has 0 fully saturated rings. The fourth-order valence-electron chi connectivity index (χ4n) is 2.67. The Balaban J connectivity index is 1.86. The van der Waals surface area contributed by atoms with Gasteiger partial charge in [-0.25, -0.2) is 4.39 Å². The highest BCUT2D eigenvalue weighted by atomic mass is 19.1. The first-order valence-electron chi connectivity index (χ1n) is 8.51. The summed E-state index contributed by atoms with van der Waals surface area (Å²) in [6.45, 7) is 2.83. The lowest BCUT2D eigenvalue weighted by molar-refractivity contribution is -0.870. The lowest BCUT2D eigenvalue weighted by atomic mass is 10.1. The largest absolute Gasteiger partial charge is 0.493 e. The van der Waals surface area contributed by atoms with E-state index in [9.17, 15) is 9.18 Å². The van der Waals surface area contributed by atoms with Gasteiger partial charge in [0, 0.05) is 6.42 Å². The molecule has 6 heteroatoms. The van der Waals surface area contributed by atoms with E-state index in [1.807, 2.05) is 25.2 Å². The molecule has 2 N–H and O–H groups in total. The van der Waals surface area contributed by atoms with Gasteiger partial charge < -0.3 is 19.7 Å². The molecule has 1 amide bonds. The van der Waals surface area contributed by atoms with E-state index in [1.165, 1.54) is 6.07 Å². The van der Waals surface area contributed by atoms with Crippen LogP contribution in [0.3, 0.4) is 0 Å². The highest BCUT2D eigenvalue weighted by molar-refractivity contribution is 5.91. The Bertz CT molecular complexity index is 765. The zero-order valence-electron chi connectivity index (χ0n) is 15.7. The molecular weight excluding hydrogens is 335 g/mol. The van der Waals surface area contributed by atoms with Crippen LogP contribution in [0.15, 0.2) is 36.4 Å². The second-order valence-electron chi connectivity index (χ2n) is 6.35. The number of amides is 1. The van der Waals surface area contributed by atoms with Crippen LogP contribution in [0.1, 0.15) is 11.1 Å². The molecule has 5 nitrogen and oxygen atoms in total. The molecule has 26 heavy (non-hydrogen) atoms. The van der Waals surface area contributed by atoms with Gasteiger partial charge >= 0.3 is 0 Å². The Morgan fingerprint density at radius 3 is 2.50 bits per heavy atom. The number of aryl methyl sites for hydroxylation is 1. The van der Waals surface area contributed by atoms with Crippen molar-refractivity contribution in [3.05, 3.63) is 53.3 Å².